The fraction of sp³-hybridized carbons (Fsp3) is 0.409. The first kappa shape index (κ1) is 18.5. The van der Waals surface area contributed by atoms with Gasteiger partial charge in [-0.1, -0.05) is 24.3 Å². The van der Waals surface area contributed by atoms with E-state index in [1.165, 1.54) is 36.1 Å². The maximum atomic E-state index is 12.3. The molecule has 0 unspecified atom stereocenters. The number of nitrogens with one attached hydrogen (secondary N) is 1. The molecule has 0 aliphatic carbocycles. The largest absolute Gasteiger partial charge is 0.372 e. The Labute approximate surface area is 156 Å². The lowest BCUT2D eigenvalue weighted by molar-refractivity contribution is -0.117. The number of rotatable bonds is 6. The molecule has 138 valence electrons. The number of piperidine rings is 1. The molecule has 26 heavy (non-hydrogen) atoms. The van der Waals surface area contributed by atoms with E-state index in [-0.39, 0.29) is 5.91 Å². The van der Waals surface area contributed by atoms with Gasteiger partial charge in [-0.15, -0.1) is 0 Å². The highest BCUT2D eigenvalue weighted by Crippen LogP contribution is 2.21. The van der Waals surface area contributed by atoms with Crippen molar-refractivity contribution in [1.82, 2.24) is 4.90 Å². The first-order valence-electron chi connectivity index (χ1n) is 9.50. The number of likely N-dealkylation sites (N-methyl/N-ethyl adjacent to an activating group) is 1. The molecule has 4 heteroatoms. The highest BCUT2D eigenvalue weighted by atomic mass is 16.2. The Kier molecular flexibility index (Phi) is 6.29. The smallest absolute Gasteiger partial charge is 0.238 e. The molecule has 0 bridgehead atoms. The molecule has 0 radical (unpaired) electrons. The summed E-state index contributed by atoms with van der Waals surface area (Å²) in [6, 6.07) is 16.5. The average Bonchev–Trinajstić information content (AvgIpc) is 2.65. The van der Waals surface area contributed by atoms with Crippen molar-refractivity contribution in [3.05, 3.63) is 59.7 Å². The van der Waals surface area contributed by atoms with Crippen molar-refractivity contribution < 1.29 is 4.79 Å². The Morgan fingerprint density at radius 1 is 1.04 bits per heavy atom. The van der Waals surface area contributed by atoms with Gasteiger partial charge >= 0.3 is 0 Å². The Morgan fingerprint density at radius 3 is 2.42 bits per heavy atom. The monoisotopic (exact) mass is 351 g/mol. The van der Waals surface area contributed by atoms with Crippen molar-refractivity contribution >= 4 is 17.3 Å². The Morgan fingerprint density at radius 2 is 1.73 bits per heavy atom. The summed E-state index contributed by atoms with van der Waals surface area (Å²) in [4.78, 5) is 16.8. The van der Waals surface area contributed by atoms with E-state index in [9.17, 15) is 4.79 Å². The second kappa shape index (κ2) is 8.86. The third kappa shape index (κ3) is 5.09. The molecule has 1 heterocycles. The first-order chi connectivity index (χ1) is 12.6. The molecule has 1 N–H and O–H groups in total. The summed E-state index contributed by atoms with van der Waals surface area (Å²) in [6.45, 7) is 5.52. The fourth-order valence-electron chi connectivity index (χ4n) is 3.49. The number of carbonyl (C=O) groups excluding carboxylic acids is 1. The lowest BCUT2D eigenvalue weighted by Gasteiger charge is -2.28. The second-order valence-corrected chi connectivity index (χ2v) is 7.24. The molecule has 1 saturated heterocycles. The van der Waals surface area contributed by atoms with E-state index in [2.05, 4.69) is 41.4 Å². The van der Waals surface area contributed by atoms with E-state index in [0.29, 0.717) is 6.54 Å². The minimum absolute atomic E-state index is 0.0202. The molecule has 0 saturated carbocycles. The van der Waals surface area contributed by atoms with Gasteiger partial charge in [-0.3, -0.25) is 9.69 Å². The summed E-state index contributed by atoms with van der Waals surface area (Å²) in [6.07, 6.45) is 3.87. The van der Waals surface area contributed by atoms with E-state index in [0.717, 1.165) is 25.3 Å². The van der Waals surface area contributed by atoms with Gasteiger partial charge in [-0.2, -0.15) is 0 Å². The zero-order valence-electron chi connectivity index (χ0n) is 15.9. The van der Waals surface area contributed by atoms with Crippen LogP contribution in [0.15, 0.2) is 48.5 Å². The van der Waals surface area contributed by atoms with Gasteiger partial charge in [0.1, 0.15) is 0 Å². The van der Waals surface area contributed by atoms with E-state index in [1.54, 1.807) is 0 Å². The van der Waals surface area contributed by atoms with Crippen LogP contribution in [0.2, 0.25) is 0 Å². The van der Waals surface area contributed by atoms with E-state index in [1.807, 2.05) is 36.2 Å². The molecule has 2 aromatic rings. The number of anilines is 2. The van der Waals surface area contributed by atoms with Crippen LogP contribution in [0.4, 0.5) is 11.4 Å². The van der Waals surface area contributed by atoms with Gasteiger partial charge < -0.3 is 10.2 Å². The zero-order chi connectivity index (χ0) is 18.4. The third-order valence-electron chi connectivity index (χ3n) is 4.99. The summed E-state index contributed by atoms with van der Waals surface area (Å²) in [5.74, 6) is 0.0202. The molecule has 0 spiro atoms. The standard InChI is InChI=1S/C22H29N3O/c1-18-8-4-5-9-19(18)16-24(2)17-22(26)23-20-10-12-21(13-11-20)25-14-6-3-7-15-25/h4-5,8-13H,3,6-7,14-17H2,1-2H3,(H,23,26). The van der Waals surface area contributed by atoms with Crippen molar-refractivity contribution in [1.29, 1.82) is 0 Å². The van der Waals surface area contributed by atoms with Gasteiger partial charge in [0.2, 0.25) is 5.91 Å². The molecular formula is C22H29N3O. The van der Waals surface area contributed by atoms with Gasteiger partial charge in [0.05, 0.1) is 6.54 Å². The van der Waals surface area contributed by atoms with Crippen molar-refractivity contribution in [2.24, 2.45) is 0 Å². The first-order valence-corrected chi connectivity index (χ1v) is 9.50. The highest BCUT2D eigenvalue weighted by Gasteiger charge is 2.12. The zero-order valence-corrected chi connectivity index (χ0v) is 15.9. The van der Waals surface area contributed by atoms with Crippen LogP contribution >= 0.6 is 0 Å². The Balaban J connectivity index is 1.50. The molecule has 3 rings (SSSR count). The number of hydrogen-bond donors (Lipinski definition) is 1. The van der Waals surface area contributed by atoms with Crippen LogP contribution in [0.3, 0.4) is 0 Å². The lowest BCUT2D eigenvalue weighted by Crippen LogP contribution is -2.30. The Bertz CT molecular complexity index is 720. The molecule has 2 aromatic carbocycles. The molecule has 4 nitrogen and oxygen atoms in total. The van der Waals surface area contributed by atoms with Gasteiger partial charge in [-0.05, 0) is 68.6 Å². The third-order valence-corrected chi connectivity index (χ3v) is 4.99. The van der Waals surface area contributed by atoms with Crippen LogP contribution in [0, 0.1) is 6.92 Å². The van der Waals surface area contributed by atoms with Crippen LogP contribution in [0.1, 0.15) is 30.4 Å². The predicted octanol–water partition coefficient (Wildman–Crippen LogP) is 4.06. The van der Waals surface area contributed by atoms with Gasteiger partial charge in [-0.25, -0.2) is 0 Å². The minimum Gasteiger partial charge on any atom is -0.372 e. The highest BCUT2D eigenvalue weighted by molar-refractivity contribution is 5.92. The number of hydrogen-bond acceptors (Lipinski definition) is 3. The summed E-state index contributed by atoms with van der Waals surface area (Å²) >= 11 is 0. The summed E-state index contributed by atoms with van der Waals surface area (Å²) in [7, 11) is 1.98. The summed E-state index contributed by atoms with van der Waals surface area (Å²) in [5.41, 5.74) is 4.63. The topological polar surface area (TPSA) is 35.6 Å². The number of nitrogens with zero attached hydrogens (tertiary/aromatic N) is 2. The lowest BCUT2D eigenvalue weighted by atomic mass is 10.1. The molecule has 0 atom stereocenters. The van der Waals surface area contributed by atoms with Gasteiger partial charge in [0.15, 0.2) is 0 Å². The molecule has 0 aromatic heterocycles. The SMILES string of the molecule is Cc1ccccc1CN(C)CC(=O)Nc1ccc(N2CCCCC2)cc1. The van der Waals surface area contributed by atoms with Crippen LogP contribution in [0.5, 0.6) is 0 Å². The van der Waals surface area contributed by atoms with E-state index >= 15 is 0 Å². The van der Waals surface area contributed by atoms with E-state index in [4.69, 9.17) is 0 Å². The maximum Gasteiger partial charge on any atom is 0.238 e. The van der Waals surface area contributed by atoms with Crippen molar-refractivity contribution in [3.63, 3.8) is 0 Å². The summed E-state index contributed by atoms with van der Waals surface area (Å²) in [5, 5.41) is 3.00. The molecule has 1 aliphatic rings. The maximum absolute atomic E-state index is 12.3. The quantitative estimate of drug-likeness (QED) is 0.853. The van der Waals surface area contributed by atoms with Crippen LogP contribution < -0.4 is 10.2 Å². The second-order valence-electron chi connectivity index (χ2n) is 7.24. The average molecular weight is 351 g/mol. The van der Waals surface area contributed by atoms with E-state index < -0.39 is 0 Å². The van der Waals surface area contributed by atoms with Crippen molar-refractivity contribution in [2.75, 3.05) is 36.9 Å². The fourth-order valence-corrected chi connectivity index (χ4v) is 3.49. The molecule has 1 fully saturated rings. The number of benzene rings is 2. The minimum atomic E-state index is 0.0202. The molecule has 1 amide bonds. The molecular weight excluding hydrogens is 322 g/mol. The van der Waals surface area contributed by atoms with Crippen LogP contribution in [0.25, 0.3) is 0 Å². The predicted molar refractivity (Wildman–Crippen MR) is 109 cm³/mol. The Hall–Kier alpha value is -2.33. The van der Waals surface area contributed by atoms with Crippen LogP contribution in [-0.2, 0) is 11.3 Å². The van der Waals surface area contributed by atoms with Gasteiger partial charge in [0.25, 0.3) is 0 Å². The molecule has 1 aliphatic heterocycles. The number of aryl methyl sites for hydroxylation is 1. The van der Waals surface area contributed by atoms with Crippen molar-refractivity contribution in [2.45, 2.75) is 32.7 Å². The summed E-state index contributed by atoms with van der Waals surface area (Å²) < 4.78 is 0. The van der Waals surface area contributed by atoms with Crippen molar-refractivity contribution in [3.8, 4) is 0 Å². The number of carbonyl (C=O) groups is 1. The number of amides is 1. The van der Waals surface area contributed by atoms with Gasteiger partial charge in [0, 0.05) is 31.0 Å². The normalized spacial score (nSPS) is 14.5. The van der Waals surface area contributed by atoms with Crippen LogP contribution in [-0.4, -0.2) is 37.5 Å².